The van der Waals surface area contributed by atoms with Crippen LogP contribution in [0.3, 0.4) is 0 Å². The molecule has 0 aromatic carbocycles. The number of rotatable bonds is 2. The van der Waals surface area contributed by atoms with Crippen LogP contribution >= 0.6 is 0 Å². The Balaban J connectivity index is 2.29. The minimum atomic E-state index is 0.0965. The largest absolute Gasteiger partial charge is 0.374 e. The first kappa shape index (κ1) is 8.47. The third-order valence-corrected chi connectivity index (χ3v) is 1.76. The van der Waals surface area contributed by atoms with Gasteiger partial charge in [-0.15, -0.1) is 0 Å². The predicted molar refractivity (Wildman–Crippen MR) is 43.4 cm³/mol. The van der Waals surface area contributed by atoms with Gasteiger partial charge in [0.1, 0.15) is 0 Å². The molecule has 2 heteroatoms. The van der Waals surface area contributed by atoms with Crippen molar-refractivity contribution >= 4 is 5.78 Å². The van der Waals surface area contributed by atoms with Crippen molar-refractivity contribution < 1.29 is 9.53 Å². The van der Waals surface area contributed by atoms with Crippen molar-refractivity contribution in [3.05, 3.63) is 12.2 Å². The van der Waals surface area contributed by atoms with Crippen LogP contribution < -0.4 is 0 Å². The Hall–Kier alpha value is -0.630. The fraction of sp³-hybridized carbons (Fsp3) is 0.667. The highest BCUT2D eigenvalue weighted by molar-refractivity contribution is 5.87. The van der Waals surface area contributed by atoms with Crippen LogP contribution in [0.15, 0.2) is 12.2 Å². The number of hydrogen-bond acceptors (Lipinski definition) is 2. The molecule has 0 aromatic rings. The standard InChI is InChI=1S/C9H14O2/c1-8(10)5-6-9-4-2-3-7-11-9/h5-6,9H,2-4,7H2,1H3. The zero-order valence-corrected chi connectivity index (χ0v) is 6.88. The second-order valence-corrected chi connectivity index (χ2v) is 2.87. The lowest BCUT2D eigenvalue weighted by Gasteiger charge is -2.18. The summed E-state index contributed by atoms with van der Waals surface area (Å²) in [5.41, 5.74) is 0. The lowest BCUT2D eigenvalue weighted by atomic mass is 10.1. The summed E-state index contributed by atoms with van der Waals surface area (Å²) in [5.74, 6) is 0.0965. The molecular weight excluding hydrogens is 140 g/mol. The fourth-order valence-corrected chi connectivity index (χ4v) is 1.16. The van der Waals surface area contributed by atoms with Gasteiger partial charge >= 0.3 is 0 Å². The highest BCUT2D eigenvalue weighted by Crippen LogP contribution is 2.13. The van der Waals surface area contributed by atoms with Gasteiger partial charge in [-0.25, -0.2) is 0 Å². The Kier molecular flexibility index (Phi) is 3.30. The van der Waals surface area contributed by atoms with E-state index in [1.54, 1.807) is 13.0 Å². The van der Waals surface area contributed by atoms with Crippen molar-refractivity contribution in [2.45, 2.75) is 32.3 Å². The number of carbonyl (C=O) groups excluding carboxylic acids is 1. The lowest BCUT2D eigenvalue weighted by Crippen LogP contribution is -2.16. The molecular formula is C9H14O2. The monoisotopic (exact) mass is 154 g/mol. The van der Waals surface area contributed by atoms with Crippen LogP contribution in [0.25, 0.3) is 0 Å². The van der Waals surface area contributed by atoms with Gasteiger partial charge in [0, 0.05) is 6.61 Å². The van der Waals surface area contributed by atoms with Crippen LogP contribution in [-0.4, -0.2) is 18.5 Å². The molecule has 0 aliphatic carbocycles. The summed E-state index contributed by atoms with van der Waals surface area (Å²) >= 11 is 0. The summed E-state index contributed by atoms with van der Waals surface area (Å²) in [6.45, 7) is 2.40. The number of ketones is 1. The maximum Gasteiger partial charge on any atom is 0.152 e. The Morgan fingerprint density at radius 1 is 1.55 bits per heavy atom. The summed E-state index contributed by atoms with van der Waals surface area (Å²) in [6, 6.07) is 0. The average Bonchev–Trinajstić information content (AvgIpc) is 2.03. The minimum Gasteiger partial charge on any atom is -0.374 e. The zero-order valence-electron chi connectivity index (χ0n) is 6.88. The fourth-order valence-electron chi connectivity index (χ4n) is 1.16. The molecule has 1 fully saturated rings. The van der Waals surface area contributed by atoms with Gasteiger partial charge in [-0.2, -0.15) is 0 Å². The summed E-state index contributed by atoms with van der Waals surface area (Å²) < 4.78 is 5.39. The van der Waals surface area contributed by atoms with Crippen molar-refractivity contribution in [2.24, 2.45) is 0 Å². The van der Waals surface area contributed by atoms with Gasteiger partial charge in [-0.3, -0.25) is 4.79 Å². The number of carbonyl (C=O) groups is 1. The van der Waals surface area contributed by atoms with Crippen LogP contribution in [0.4, 0.5) is 0 Å². The SMILES string of the molecule is CC(=O)C=CC1CCCCO1. The summed E-state index contributed by atoms with van der Waals surface area (Å²) in [6.07, 6.45) is 7.08. The van der Waals surface area contributed by atoms with E-state index in [1.807, 2.05) is 6.08 Å². The normalized spacial score (nSPS) is 25.7. The van der Waals surface area contributed by atoms with E-state index >= 15 is 0 Å². The van der Waals surface area contributed by atoms with Crippen LogP contribution in [0.5, 0.6) is 0 Å². The van der Waals surface area contributed by atoms with E-state index in [0.717, 1.165) is 19.4 Å². The maximum atomic E-state index is 10.5. The van der Waals surface area contributed by atoms with Gasteiger partial charge < -0.3 is 4.74 Å². The van der Waals surface area contributed by atoms with Gasteiger partial charge in [0.25, 0.3) is 0 Å². The Labute approximate surface area is 67.2 Å². The molecule has 1 rings (SSSR count). The molecule has 1 aliphatic heterocycles. The first-order valence-corrected chi connectivity index (χ1v) is 4.09. The van der Waals surface area contributed by atoms with Crippen molar-refractivity contribution in [1.29, 1.82) is 0 Å². The summed E-state index contributed by atoms with van der Waals surface area (Å²) in [5, 5.41) is 0. The number of allylic oxidation sites excluding steroid dienone is 1. The van der Waals surface area contributed by atoms with Crippen molar-refractivity contribution in [3.63, 3.8) is 0 Å². The van der Waals surface area contributed by atoms with Crippen LogP contribution in [0, 0.1) is 0 Å². The molecule has 1 unspecified atom stereocenters. The molecule has 0 N–H and O–H groups in total. The Morgan fingerprint density at radius 3 is 2.91 bits per heavy atom. The third-order valence-electron chi connectivity index (χ3n) is 1.76. The molecule has 1 atom stereocenters. The highest BCUT2D eigenvalue weighted by Gasteiger charge is 2.09. The zero-order chi connectivity index (χ0) is 8.10. The Bertz CT molecular complexity index is 155. The van der Waals surface area contributed by atoms with Gasteiger partial charge in [-0.05, 0) is 32.3 Å². The molecule has 1 aliphatic rings. The second kappa shape index (κ2) is 4.29. The molecule has 0 aromatic heterocycles. The highest BCUT2D eigenvalue weighted by atomic mass is 16.5. The summed E-state index contributed by atoms with van der Waals surface area (Å²) in [7, 11) is 0. The predicted octanol–water partition coefficient (Wildman–Crippen LogP) is 1.70. The molecule has 62 valence electrons. The second-order valence-electron chi connectivity index (χ2n) is 2.87. The topological polar surface area (TPSA) is 26.3 Å². The molecule has 2 nitrogen and oxygen atoms in total. The van der Waals surface area contributed by atoms with E-state index in [-0.39, 0.29) is 11.9 Å². The van der Waals surface area contributed by atoms with Crippen molar-refractivity contribution in [1.82, 2.24) is 0 Å². The number of ether oxygens (including phenoxy) is 1. The van der Waals surface area contributed by atoms with E-state index in [0.29, 0.717) is 0 Å². The van der Waals surface area contributed by atoms with E-state index in [9.17, 15) is 4.79 Å². The van der Waals surface area contributed by atoms with Gasteiger partial charge in [0.2, 0.25) is 0 Å². The van der Waals surface area contributed by atoms with Crippen molar-refractivity contribution in [3.8, 4) is 0 Å². The first-order valence-electron chi connectivity index (χ1n) is 4.09. The van der Waals surface area contributed by atoms with Crippen LogP contribution in [0.1, 0.15) is 26.2 Å². The van der Waals surface area contributed by atoms with Crippen LogP contribution in [0.2, 0.25) is 0 Å². The average molecular weight is 154 g/mol. The molecule has 0 spiro atoms. The van der Waals surface area contributed by atoms with E-state index in [1.165, 1.54) is 6.42 Å². The molecule has 0 radical (unpaired) electrons. The third kappa shape index (κ3) is 3.33. The van der Waals surface area contributed by atoms with Gasteiger partial charge in [-0.1, -0.05) is 6.08 Å². The molecule has 0 amide bonds. The maximum absolute atomic E-state index is 10.5. The quantitative estimate of drug-likeness (QED) is 0.566. The molecule has 0 bridgehead atoms. The van der Waals surface area contributed by atoms with Gasteiger partial charge in [0.15, 0.2) is 5.78 Å². The van der Waals surface area contributed by atoms with E-state index in [4.69, 9.17) is 4.74 Å². The van der Waals surface area contributed by atoms with E-state index in [2.05, 4.69) is 0 Å². The molecule has 1 heterocycles. The molecule has 11 heavy (non-hydrogen) atoms. The summed E-state index contributed by atoms with van der Waals surface area (Å²) in [4.78, 5) is 10.5. The lowest BCUT2D eigenvalue weighted by molar-refractivity contribution is -0.112. The molecule has 1 saturated heterocycles. The Morgan fingerprint density at radius 2 is 2.36 bits per heavy atom. The first-order chi connectivity index (χ1) is 5.29. The molecule has 0 saturated carbocycles. The van der Waals surface area contributed by atoms with Gasteiger partial charge in [0.05, 0.1) is 6.10 Å². The van der Waals surface area contributed by atoms with E-state index < -0.39 is 0 Å². The number of hydrogen-bond donors (Lipinski definition) is 0. The van der Waals surface area contributed by atoms with Crippen molar-refractivity contribution in [2.75, 3.05) is 6.61 Å². The van der Waals surface area contributed by atoms with Crippen LogP contribution in [-0.2, 0) is 9.53 Å². The smallest absolute Gasteiger partial charge is 0.152 e. The minimum absolute atomic E-state index is 0.0965.